The second kappa shape index (κ2) is 9.67. The minimum absolute atomic E-state index is 0.131. The minimum atomic E-state index is -3.72. The van der Waals surface area contributed by atoms with Crippen molar-refractivity contribution in [1.82, 2.24) is 34.0 Å². The van der Waals surface area contributed by atoms with E-state index in [1.807, 2.05) is 6.92 Å². The van der Waals surface area contributed by atoms with E-state index < -0.39 is 15.6 Å². The van der Waals surface area contributed by atoms with E-state index in [0.29, 0.717) is 49.9 Å². The summed E-state index contributed by atoms with van der Waals surface area (Å²) >= 11 is 0. The first-order valence-electron chi connectivity index (χ1n) is 12.3. The molecule has 0 amide bonds. The Balaban J connectivity index is 1.58. The maximum absolute atomic E-state index is 13.5. The van der Waals surface area contributed by atoms with Crippen LogP contribution in [0, 0.1) is 0 Å². The number of fused-ring (bicyclic) bond motifs is 1. The van der Waals surface area contributed by atoms with E-state index in [4.69, 9.17) is 4.74 Å². The Hall–Kier alpha value is -2.83. The molecule has 3 heterocycles. The second-order valence-corrected chi connectivity index (χ2v) is 10.9. The number of nitrogens with one attached hydrogen (secondary N) is 1. The number of benzene rings is 1. The summed E-state index contributed by atoms with van der Waals surface area (Å²) in [6, 6.07) is 4.72. The largest absolute Gasteiger partial charge is 0.493 e. The van der Waals surface area contributed by atoms with Gasteiger partial charge in [-0.3, -0.25) is 4.79 Å². The number of rotatable bonds is 7. The quantitative estimate of drug-likeness (QED) is 0.520. The van der Waals surface area contributed by atoms with Gasteiger partial charge in [-0.2, -0.15) is 8.82 Å². The van der Waals surface area contributed by atoms with Crippen LogP contribution in [-0.2, 0) is 10.0 Å². The Morgan fingerprint density at radius 1 is 1.09 bits per heavy atom. The molecular formula is C23H31N7O4S. The molecule has 0 unspecified atom stereocenters. The molecule has 0 radical (unpaired) electrons. The van der Waals surface area contributed by atoms with Gasteiger partial charge in [-0.1, -0.05) is 19.8 Å². The van der Waals surface area contributed by atoms with E-state index in [0.717, 1.165) is 32.2 Å². The fourth-order valence-electron chi connectivity index (χ4n) is 4.95. The number of nitrogens with zero attached hydrogens (tertiary/aromatic N) is 6. The Morgan fingerprint density at radius 3 is 2.51 bits per heavy atom. The van der Waals surface area contributed by atoms with E-state index in [9.17, 15) is 13.2 Å². The summed E-state index contributed by atoms with van der Waals surface area (Å²) in [5.74, 6) is 1.53. The highest BCUT2D eigenvalue weighted by molar-refractivity contribution is 7.89. The van der Waals surface area contributed by atoms with Crippen molar-refractivity contribution in [2.75, 3.05) is 39.3 Å². The van der Waals surface area contributed by atoms with Crippen molar-refractivity contribution in [3.63, 3.8) is 0 Å². The van der Waals surface area contributed by atoms with Crippen LogP contribution in [0.1, 0.15) is 51.3 Å². The van der Waals surface area contributed by atoms with Crippen molar-refractivity contribution < 1.29 is 13.2 Å². The highest BCUT2D eigenvalue weighted by Crippen LogP contribution is 2.34. The highest BCUT2D eigenvalue weighted by Gasteiger charge is 2.30. The topological polar surface area (TPSA) is 126 Å². The van der Waals surface area contributed by atoms with E-state index in [1.54, 1.807) is 12.1 Å². The summed E-state index contributed by atoms with van der Waals surface area (Å²) in [7, 11) is -3.72. The number of hydrogen-bond donors (Lipinski definition) is 1. The van der Waals surface area contributed by atoms with E-state index >= 15 is 0 Å². The maximum atomic E-state index is 13.5. The number of ether oxygens (including phenoxy) is 1. The Labute approximate surface area is 204 Å². The van der Waals surface area contributed by atoms with Gasteiger partial charge in [-0.25, -0.2) is 8.42 Å². The smallest absolute Gasteiger partial charge is 0.296 e. The Kier molecular flexibility index (Phi) is 6.60. The monoisotopic (exact) mass is 501 g/mol. The van der Waals surface area contributed by atoms with Gasteiger partial charge in [-0.15, -0.1) is 15.3 Å². The predicted octanol–water partition coefficient (Wildman–Crippen LogP) is 1.86. The third kappa shape index (κ3) is 4.45. The molecule has 2 aliphatic rings. The molecule has 11 nitrogen and oxygen atoms in total. The number of sulfonamides is 1. The summed E-state index contributed by atoms with van der Waals surface area (Å²) in [6.45, 7) is 7.46. The number of hydrogen-bond acceptors (Lipinski definition) is 8. The van der Waals surface area contributed by atoms with E-state index in [1.165, 1.54) is 14.9 Å². The van der Waals surface area contributed by atoms with Crippen LogP contribution in [0.5, 0.6) is 5.75 Å². The molecule has 1 aliphatic heterocycles. The van der Waals surface area contributed by atoms with Crippen LogP contribution in [-0.4, -0.2) is 81.7 Å². The number of likely N-dealkylation sites (N-methyl/N-ethyl adjacent to an activating group) is 1. The maximum Gasteiger partial charge on any atom is 0.296 e. The Bertz CT molecular complexity index is 1370. The summed E-state index contributed by atoms with van der Waals surface area (Å²) in [6.07, 6.45) is 4.18. The fraction of sp³-hybridized carbons (Fsp3) is 0.565. The first kappa shape index (κ1) is 23.9. The van der Waals surface area contributed by atoms with Crippen molar-refractivity contribution >= 4 is 15.7 Å². The summed E-state index contributed by atoms with van der Waals surface area (Å²) in [4.78, 5) is 18.0. The molecule has 2 fully saturated rings. The molecule has 2 aromatic heterocycles. The van der Waals surface area contributed by atoms with Gasteiger partial charge < -0.3 is 14.6 Å². The molecule has 188 valence electrons. The molecule has 1 saturated carbocycles. The zero-order valence-corrected chi connectivity index (χ0v) is 20.9. The summed E-state index contributed by atoms with van der Waals surface area (Å²) in [5.41, 5.74) is 0.106. The zero-order chi connectivity index (χ0) is 24.6. The van der Waals surface area contributed by atoms with Crippen molar-refractivity contribution in [2.24, 2.45) is 0 Å². The van der Waals surface area contributed by atoms with Crippen LogP contribution in [0.25, 0.3) is 17.0 Å². The van der Waals surface area contributed by atoms with Crippen molar-refractivity contribution in [1.29, 1.82) is 0 Å². The minimum Gasteiger partial charge on any atom is -0.493 e. The Morgan fingerprint density at radius 2 is 1.83 bits per heavy atom. The molecule has 3 aromatic rings. The van der Waals surface area contributed by atoms with E-state index in [2.05, 4.69) is 32.1 Å². The lowest BCUT2D eigenvalue weighted by molar-refractivity contribution is 0.196. The average molecular weight is 502 g/mol. The highest BCUT2D eigenvalue weighted by atomic mass is 32.2. The number of piperazine rings is 1. The summed E-state index contributed by atoms with van der Waals surface area (Å²) in [5, 5.41) is 13.0. The number of H-pyrrole nitrogens is 1. The van der Waals surface area contributed by atoms with Gasteiger partial charge in [0.1, 0.15) is 5.75 Å². The van der Waals surface area contributed by atoms with Gasteiger partial charge in [0.05, 0.1) is 17.1 Å². The first-order valence-corrected chi connectivity index (χ1v) is 13.7. The van der Waals surface area contributed by atoms with Gasteiger partial charge in [0, 0.05) is 32.1 Å². The molecule has 5 rings (SSSR count). The molecular weight excluding hydrogens is 470 g/mol. The van der Waals surface area contributed by atoms with Crippen molar-refractivity contribution in [3.05, 3.63) is 34.4 Å². The standard InChI is InChI=1S/C23H31N7O4S/c1-3-28-11-13-29(14-12-28)35(32,33)17-9-10-19(34-4-2)18(15-17)20-24-23(31)22-26-25-21(30(22)27-20)16-7-5-6-8-16/h9-10,15-16H,3-8,11-14H2,1-2H3,(H,24,27,31). The van der Waals surface area contributed by atoms with Gasteiger partial charge in [0.2, 0.25) is 15.7 Å². The van der Waals surface area contributed by atoms with Crippen LogP contribution in [0.15, 0.2) is 27.9 Å². The van der Waals surface area contributed by atoms with E-state index in [-0.39, 0.29) is 22.3 Å². The zero-order valence-electron chi connectivity index (χ0n) is 20.1. The van der Waals surface area contributed by atoms with Crippen LogP contribution < -0.4 is 10.3 Å². The predicted molar refractivity (Wildman–Crippen MR) is 130 cm³/mol. The average Bonchev–Trinajstić information content (AvgIpc) is 3.54. The molecule has 0 spiro atoms. The van der Waals surface area contributed by atoms with Gasteiger partial charge >= 0.3 is 0 Å². The van der Waals surface area contributed by atoms with Crippen molar-refractivity contribution in [3.8, 4) is 17.1 Å². The third-order valence-corrected chi connectivity index (χ3v) is 8.84. The van der Waals surface area contributed by atoms with Crippen molar-refractivity contribution in [2.45, 2.75) is 50.3 Å². The first-order chi connectivity index (χ1) is 16.9. The van der Waals surface area contributed by atoms with Gasteiger partial charge in [-0.05, 0) is 44.5 Å². The molecule has 0 bridgehead atoms. The molecule has 1 aliphatic carbocycles. The number of aromatic nitrogens is 5. The van der Waals surface area contributed by atoms with Crippen LogP contribution in [0.4, 0.5) is 0 Å². The molecule has 12 heteroatoms. The molecule has 35 heavy (non-hydrogen) atoms. The lowest BCUT2D eigenvalue weighted by atomic mass is 10.1. The second-order valence-electron chi connectivity index (χ2n) is 9.01. The molecule has 0 atom stereocenters. The summed E-state index contributed by atoms with van der Waals surface area (Å²) < 4.78 is 35.7. The van der Waals surface area contributed by atoms with Crippen LogP contribution in [0.3, 0.4) is 0 Å². The molecule has 1 N–H and O–H groups in total. The third-order valence-electron chi connectivity index (χ3n) is 6.94. The molecule has 1 saturated heterocycles. The van der Waals surface area contributed by atoms with Gasteiger partial charge in [0.25, 0.3) is 5.56 Å². The fourth-order valence-corrected chi connectivity index (χ4v) is 6.40. The number of aromatic amines is 1. The van der Waals surface area contributed by atoms with Crippen LogP contribution >= 0.6 is 0 Å². The van der Waals surface area contributed by atoms with Gasteiger partial charge in [0.15, 0.2) is 11.6 Å². The normalized spacial score (nSPS) is 18.5. The SMILES string of the molecule is CCOc1ccc(S(=O)(=O)N2CCN(CC)CC2)cc1-c1nn2c(C3CCCC3)nnc2c(=O)[nH]1. The lowest BCUT2D eigenvalue weighted by Crippen LogP contribution is -2.48. The lowest BCUT2D eigenvalue weighted by Gasteiger charge is -2.33. The molecule has 1 aromatic carbocycles. The van der Waals surface area contributed by atoms with Crippen LogP contribution in [0.2, 0.25) is 0 Å².